The zero-order valence-corrected chi connectivity index (χ0v) is 8.54. The minimum Gasteiger partial charge on any atom is -0.307 e. The van der Waals surface area contributed by atoms with Gasteiger partial charge in [-0.15, -0.1) is 0 Å². The SMILES string of the molecule is Cc1ccc(C(C=O)OC(F)F)c(C)c1. The van der Waals surface area contributed by atoms with Gasteiger partial charge in [0.25, 0.3) is 0 Å². The fourth-order valence-corrected chi connectivity index (χ4v) is 1.43. The Morgan fingerprint density at radius 1 is 1.33 bits per heavy atom. The highest BCUT2D eigenvalue weighted by atomic mass is 19.3. The average Bonchev–Trinajstić information content (AvgIpc) is 2.14. The van der Waals surface area contributed by atoms with Gasteiger partial charge in [0, 0.05) is 0 Å². The number of carbonyl (C=O) groups is 1. The largest absolute Gasteiger partial charge is 0.346 e. The van der Waals surface area contributed by atoms with Gasteiger partial charge in [-0.2, -0.15) is 8.78 Å². The van der Waals surface area contributed by atoms with Crippen LogP contribution in [0.25, 0.3) is 0 Å². The predicted molar refractivity (Wildman–Crippen MR) is 51.8 cm³/mol. The van der Waals surface area contributed by atoms with Crippen LogP contribution in [0.5, 0.6) is 0 Å². The average molecular weight is 214 g/mol. The van der Waals surface area contributed by atoms with Crippen LogP contribution in [0, 0.1) is 13.8 Å². The van der Waals surface area contributed by atoms with Crippen LogP contribution in [0.2, 0.25) is 0 Å². The van der Waals surface area contributed by atoms with Crippen molar-refractivity contribution < 1.29 is 18.3 Å². The van der Waals surface area contributed by atoms with Gasteiger partial charge < -0.3 is 9.53 Å². The molecule has 1 aromatic carbocycles. The molecule has 1 atom stereocenters. The van der Waals surface area contributed by atoms with Crippen molar-refractivity contribution in [1.29, 1.82) is 0 Å². The summed E-state index contributed by atoms with van der Waals surface area (Å²) in [6.07, 6.45) is -0.810. The Kier molecular flexibility index (Phi) is 3.91. The molecular weight excluding hydrogens is 202 g/mol. The molecular formula is C11H12F2O2. The van der Waals surface area contributed by atoms with Crippen LogP contribution in [-0.4, -0.2) is 12.9 Å². The van der Waals surface area contributed by atoms with Gasteiger partial charge in [0.2, 0.25) is 0 Å². The van der Waals surface area contributed by atoms with E-state index in [1.807, 2.05) is 13.0 Å². The van der Waals surface area contributed by atoms with Crippen LogP contribution < -0.4 is 0 Å². The molecule has 0 saturated heterocycles. The Labute approximate surface area is 86.9 Å². The fraction of sp³-hybridized carbons (Fsp3) is 0.364. The van der Waals surface area contributed by atoms with Crippen molar-refractivity contribution in [3.8, 4) is 0 Å². The minimum absolute atomic E-state index is 0.379. The van der Waals surface area contributed by atoms with E-state index in [4.69, 9.17) is 0 Å². The molecule has 0 fully saturated rings. The number of hydrogen-bond acceptors (Lipinski definition) is 2. The number of hydrogen-bond donors (Lipinski definition) is 0. The quantitative estimate of drug-likeness (QED) is 0.720. The number of halogens is 2. The Morgan fingerprint density at radius 2 is 2.00 bits per heavy atom. The molecule has 0 saturated carbocycles. The summed E-state index contributed by atoms with van der Waals surface area (Å²) in [6, 6.07) is 5.21. The number of ether oxygens (including phenoxy) is 1. The summed E-state index contributed by atoms with van der Waals surface area (Å²) in [5, 5.41) is 0. The smallest absolute Gasteiger partial charge is 0.307 e. The molecule has 1 aromatic rings. The fourth-order valence-electron chi connectivity index (χ4n) is 1.43. The second-order valence-corrected chi connectivity index (χ2v) is 3.31. The molecule has 0 aromatic heterocycles. The van der Waals surface area contributed by atoms with E-state index < -0.39 is 12.7 Å². The number of benzene rings is 1. The van der Waals surface area contributed by atoms with Gasteiger partial charge in [0.15, 0.2) is 6.29 Å². The summed E-state index contributed by atoms with van der Waals surface area (Å²) in [5.41, 5.74) is 2.27. The Hall–Kier alpha value is -1.29. The molecule has 1 unspecified atom stereocenters. The van der Waals surface area contributed by atoms with Crippen LogP contribution in [0.3, 0.4) is 0 Å². The van der Waals surface area contributed by atoms with Gasteiger partial charge in [-0.05, 0) is 25.0 Å². The van der Waals surface area contributed by atoms with Crippen LogP contribution >= 0.6 is 0 Å². The van der Waals surface area contributed by atoms with Crippen molar-refractivity contribution in [2.24, 2.45) is 0 Å². The number of alkyl halides is 2. The van der Waals surface area contributed by atoms with Crippen molar-refractivity contribution in [2.75, 3.05) is 0 Å². The van der Waals surface area contributed by atoms with E-state index in [1.165, 1.54) is 0 Å². The highest BCUT2D eigenvalue weighted by molar-refractivity contribution is 5.61. The lowest BCUT2D eigenvalue weighted by Gasteiger charge is -2.14. The molecule has 0 aliphatic heterocycles. The number of aldehydes is 1. The van der Waals surface area contributed by atoms with Gasteiger partial charge in [-0.1, -0.05) is 23.8 Å². The van der Waals surface area contributed by atoms with E-state index in [1.54, 1.807) is 19.1 Å². The molecule has 82 valence electrons. The van der Waals surface area contributed by atoms with Crippen LogP contribution in [0.1, 0.15) is 22.8 Å². The first-order chi connectivity index (χ1) is 7.04. The summed E-state index contributed by atoms with van der Waals surface area (Å²) in [4.78, 5) is 10.6. The Morgan fingerprint density at radius 3 is 2.47 bits per heavy atom. The summed E-state index contributed by atoms with van der Waals surface area (Å²) >= 11 is 0. The van der Waals surface area contributed by atoms with E-state index >= 15 is 0 Å². The zero-order valence-electron chi connectivity index (χ0n) is 8.54. The molecule has 0 N–H and O–H groups in total. The van der Waals surface area contributed by atoms with E-state index in [2.05, 4.69) is 4.74 Å². The van der Waals surface area contributed by atoms with Crippen LogP contribution in [-0.2, 0) is 9.53 Å². The first-order valence-corrected chi connectivity index (χ1v) is 4.50. The Balaban J connectivity index is 2.96. The number of rotatable bonds is 4. The van der Waals surface area contributed by atoms with Crippen molar-refractivity contribution in [3.05, 3.63) is 34.9 Å². The summed E-state index contributed by atoms with van der Waals surface area (Å²) in [5.74, 6) is 0. The van der Waals surface area contributed by atoms with Crippen LogP contribution in [0.15, 0.2) is 18.2 Å². The van der Waals surface area contributed by atoms with Gasteiger partial charge in [0.1, 0.15) is 6.10 Å². The summed E-state index contributed by atoms with van der Waals surface area (Å²) < 4.78 is 28.2. The van der Waals surface area contributed by atoms with Gasteiger partial charge >= 0.3 is 6.61 Å². The predicted octanol–water partition coefficient (Wildman–Crippen LogP) is 2.78. The van der Waals surface area contributed by atoms with Gasteiger partial charge in [-0.25, -0.2) is 0 Å². The monoisotopic (exact) mass is 214 g/mol. The van der Waals surface area contributed by atoms with E-state index in [9.17, 15) is 13.6 Å². The van der Waals surface area contributed by atoms with Gasteiger partial charge in [0.05, 0.1) is 0 Å². The molecule has 0 amide bonds. The number of aryl methyl sites for hydroxylation is 2. The molecule has 1 rings (SSSR count). The summed E-state index contributed by atoms with van der Waals surface area (Å²) in [6.45, 7) is 0.704. The maximum Gasteiger partial charge on any atom is 0.346 e. The molecule has 0 heterocycles. The maximum absolute atomic E-state index is 12.0. The molecule has 0 radical (unpaired) electrons. The first kappa shape index (κ1) is 11.8. The van der Waals surface area contributed by atoms with Crippen molar-refractivity contribution in [3.63, 3.8) is 0 Å². The summed E-state index contributed by atoms with van der Waals surface area (Å²) in [7, 11) is 0. The molecule has 0 spiro atoms. The molecule has 4 heteroatoms. The second kappa shape index (κ2) is 4.98. The lowest BCUT2D eigenvalue weighted by molar-refractivity contribution is -0.168. The van der Waals surface area contributed by atoms with E-state index in [0.717, 1.165) is 11.1 Å². The molecule has 15 heavy (non-hydrogen) atoms. The van der Waals surface area contributed by atoms with E-state index in [-0.39, 0.29) is 0 Å². The maximum atomic E-state index is 12.0. The normalized spacial score (nSPS) is 12.9. The van der Waals surface area contributed by atoms with E-state index in [0.29, 0.717) is 11.8 Å². The first-order valence-electron chi connectivity index (χ1n) is 4.50. The minimum atomic E-state index is -2.94. The lowest BCUT2D eigenvalue weighted by atomic mass is 10.0. The number of carbonyl (C=O) groups excluding carboxylic acids is 1. The highest BCUT2D eigenvalue weighted by Gasteiger charge is 2.17. The van der Waals surface area contributed by atoms with Crippen molar-refractivity contribution in [2.45, 2.75) is 26.6 Å². The highest BCUT2D eigenvalue weighted by Crippen LogP contribution is 2.22. The van der Waals surface area contributed by atoms with Gasteiger partial charge in [-0.3, -0.25) is 0 Å². The standard InChI is InChI=1S/C11H12F2O2/c1-7-3-4-9(8(2)5-7)10(6-14)15-11(12)13/h3-6,10-11H,1-2H3. The third kappa shape index (κ3) is 3.09. The van der Waals surface area contributed by atoms with Crippen molar-refractivity contribution >= 4 is 6.29 Å². The third-order valence-electron chi connectivity index (χ3n) is 2.10. The second-order valence-electron chi connectivity index (χ2n) is 3.31. The molecule has 2 nitrogen and oxygen atoms in total. The lowest BCUT2D eigenvalue weighted by Crippen LogP contribution is -2.11. The molecule has 0 aliphatic carbocycles. The van der Waals surface area contributed by atoms with Crippen LogP contribution in [0.4, 0.5) is 8.78 Å². The van der Waals surface area contributed by atoms with Crippen molar-refractivity contribution in [1.82, 2.24) is 0 Å². The Bertz CT molecular complexity index is 350. The third-order valence-corrected chi connectivity index (χ3v) is 2.10. The topological polar surface area (TPSA) is 26.3 Å². The molecule has 0 bridgehead atoms. The zero-order chi connectivity index (χ0) is 11.4. The molecule has 0 aliphatic rings.